The molecule has 0 fully saturated rings. The number of carbonyl (C=O) groups is 3. The van der Waals surface area contributed by atoms with Crippen molar-refractivity contribution in [3.05, 3.63) is 58.1 Å². The van der Waals surface area contributed by atoms with E-state index in [1.54, 1.807) is 49.6 Å². The van der Waals surface area contributed by atoms with E-state index in [9.17, 15) is 14.4 Å². The number of anilines is 1. The minimum absolute atomic E-state index is 0.298. The highest BCUT2D eigenvalue weighted by Crippen LogP contribution is 2.26. The summed E-state index contributed by atoms with van der Waals surface area (Å²) in [5.41, 5.74) is 1.16. The Kier molecular flexibility index (Phi) is 4.35. The van der Waals surface area contributed by atoms with E-state index in [0.717, 1.165) is 4.90 Å². The number of benzene rings is 2. The normalized spacial score (nSPS) is 13.0. The van der Waals surface area contributed by atoms with Crippen LogP contribution in [-0.2, 0) is 4.79 Å². The van der Waals surface area contributed by atoms with Gasteiger partial charge in [-0.05, 0) is 42.5 Å². The van der Waals surface area contributed by atoms with Crippen molar-refractivity contribution in [1.29, 1.82) is 0 Å². The van der Waals surface area contributed by atoms with Gasteiger partial charge in [-0.1, -0.05) is 15.9 Å². The van der Waals surface area contributed by atoms with Gasteiger partial charge in [-0.2, -0.15) is 0 Å². The summed E-state index contributed by atoms with van der Waals surface area (Å²) in [6.07, 6.45) is 0. The Hall–Kier alpha value is -2.67. The van der Waals surface area contributed by atoms with Gasteiger partial charge in [-0.3, -0.25) is 19.3 Å². The first-order chi connectivity index (χ1) is 11.5. The van der Waals surface area contributed by atoms with Gasteiger partial charge in [0.05, 0.1) is 18.2 Å². The van der Waals surface area contributed by atoms with Crippen molar-refractivity contribution in [2.45, 2.75) is 0 Å². The maximum Gasteiger partial charge on any atom is 0.262 e. The fraction of sp³-hybridized carbons (Fsp3) is 0.118. The third kappa shape index (κ3) is 3.03. The number of methoxy groups -OCH3 is 1. The summed E-state index contributed by atoms with van der Waals surface area (Å²) in [5, 5.41) is 2.65. The van der Waals surface area contributed by atoms with Crippen molar-refractivity contribution in [3.63, 3.8) is 0 Å². The highest BCUT2D eigenvalue weighted by molar-refractivity contribution is 9.10. The van der Waals surface area contributed by atoms with Crippen molar-refractivity contribution >= 4 is 39.3 Å². The molecule has 0 atom stereocenters. The van der Waals surface area contributed by atoms with Gasteiger partial charge >= 0.3 is 0 Å². The molecule has 0 aromatic heterocycles. The predicted molar refractivity (Wildman–Crippen MR) is 91.1 cm³/mol. The zero-order valence-corrected chi connectivity index (χ0v) is 14.3. The quantitative estimate of drug-likeness (QED) is 0.816. The molecular weight excluding hydrogens is 376 g/mol. The van der Waals surface area contributed by atoms with Gasteiger partial charge in [-0.25, -0.2) is 0 Å². The van der Waals surface area contributed by atoms with Gasteiger partial charge in [0.25, 0.3) is 11.8 Å². The van der Waals surface area contributed by atoms with Crippen LogP contribution in [0.4, 0.5) is 5.69 Å². The molecule has 3 amide bonds. The highest BCUT2D eigenvalue weighted by Gasteiger charge is 2.36. The fourth-order valence-corrected chi connectivity index (χ4v) is 2.79. The zero-order chi connectivity index (χ0) is 17.3. The number of amides is 3. The zero-order valence-electron chi connectivity index (χ0n) is 12.7. The van der Waals surface area contributed by atoms with Crippen molar-refractivity contribution in [2.24, 2.45) is 0 Å². The first kappa shape index (κ1) is 16.2. The van der Waals surface area contributed by atoms with Crippen LogP contribution in [0.2, 0.25) is 0 Å². The summed E-state index contributed by atoms with van der Waals surface area (Å²) in [4.78, 5) is 37.7. The van der Waals surface area contributed by atoms with E-state index in [0.29, 0.717) is 27.0 Å². The van der Waals surface area contributed by atoms with Crippen molar-refractivity contribution in [3.8, 4) is 5.75 Å². The lowest BCUT2D eigenvalue weighted by Gasteiger charge is -2.13. The lowest BCUT2D eigenvalue weighted by Crippen LogP contribution is -2.37. The average molecular weight is 389 g/mol. The van der Waals surface area contributed by atoms with Crippen molar-refractivity contribution in [1.82, 2.24) is 4.90 Å². The Morgan fingerprint density at radius 1 is 1.08 bits per heavy atom. The van der Waals surface area contributed by atoms with E-state index in [4.69, 9.17) is 4.74 Å². The van der Waals surface area contributed by atoms with E-state index in [1.165, 1.54) is 0 Å². The third-order valence-corrected chi connectivity index (χ3v) is 4.10. The first-order valence-electron chi connectivity index (χ1n) is 7.09. The molecule has 1 aliphatic heterocycles. The minimum atomic E-state index is -0.471. The Labute approximate surface area is 146 Å². The number of nitrogens with zero attached hydrogens (tertiary/aromatic N) is 1. The van der Waals surface area contributed by atoms with Crippen LogP contribution >= 0.6 is 15.9 Å². The molecule has 24 heavy (non-hydrogen) atoms. The van der Waals surface area contributed by atoms with Crippen molar-refractivity contribution < 1.29 is 19.1 Å². The second-order valence-corrected chi connectivity index (χ2v) is 6.08. The Bertz CT molecular complexity index is 833. The number of fused-ring (bicyclic) bond motifs is 1. The molecule has 0 spiro atoms. The topological polar surface area (TPSA) is 75.7 Å². The van der Waals surface area contributed by atoms with Crippen molar-refractivity contribution in [2.75, 3.05) is 19.0 Å². The highest BCUT2D eigenvalue weighted by atomic mass is 79.9. The maximum atomic E-state index is 12.3. The molecule has 0 radical (unpaired) electrons. The van der Waals surface area contributed by atoms with Gasteiger partial charge in [0.1, 0.15) is 12.3 Å². The number of halogens is 1. The van der Waals surface area contributed by atoms with Crippen LogP contribution in [-0.4, -0.2) is 36.3 Å². The molecule has 1 heterocycles. The molecule has 0 saturated carbocycles. The second-order valence-electron chi connectivity index (χ2n) is 5.16. The molecule has 3 rings (SSSR count). The monoisotopic (exact) mass is 388 g/mol. The second kappa shape index (κ2) is 6.45. The van der Waals surface area contributed by atoms with Crippen LogP contribution in [0, 0.1) is 0 Å². The molecule has 2 aromatic rings. The summed E-state index contributed by atoms with van der Waals surface area (Å²) in [5.74, 6) is -0.721. The Morgan fingerprint density at radius 2 is 1.75 bits per heavy atom. The molecule has 0 bridgehead atoms. The first-order valence-corrected chi connectivity index (χ1v) is 7.88. The van der Waals surface area contributed by atoms with Crippen LogP contribution in [0.25, 0.3) is 0 Å². The summed E-state index contributed by atoms with van der Waals surface area (Å²) in [7, 11) is 1.55. The molecule has 122 valence electrons. The molecule has 1 aliphatic rings. The van der Waals surface area contributed by atoms with E-state index in [1.807, 2.05) is 0 Å². The van der Waals surface area contributed by atoms with Gasteiger partial charge in [-0.15, -0.1) is 0 Å². The average Bonchev–Trinajstić information content (AvgIpc) is 2.80. The van der Waals surface area contributed by atoms with Crippen LogP contribution < -0.4 is 10.1 Å². The smallest absolute Gasteiger partial charge is 0.262 e. The van der Waals surface area contributed by atoms with E-state index >= 15 is 0 Å². The van der Waals surface area contributed by atoms with Crippen LogP contribution in [0.1, 0.15) is 20.7 Å². The number of carbonyl (C=O) groups excluding carboxylic acids is 3. The predicted octanol–water partition coefficient (Wildman–Crippen LogP) is 2.69. The summed E-state index contributed by atoms with van der Waals surface area (Å²) in [6, 6.07) is 11.6. The SMILES string of the molecule is COc1ccc(NC(=O)CN2C(=O)c3ccc(Br)cc3C2=O)cc1. The Morgan fingerprint density at radius 3 is 2.42 bits per heavy atom. The van der Waals surface area contributed by atoms with Crippen LogP contribution in [0.15, 0.2) is 46.9 Å². The maximum absolute atomic E-state index is 12.3. The van der Waals surface area contributed by atoms with Gasteiger partial charge < -0.3 is 10.1 Å². The lowest BCUT2D eigenvalue weighted by atomic mass is 10.1. The summed E-state index contributed by atoms with van der Waals surface area (Å²) in [6.45, 7) is -0.337. The number of hydrogen-bond donors (Lipinski definition) is 1. The summed E-state index contributed by atoms with van der Waals surface area (Å²) < 4.78 is 5.74. The number of ether oxygens (including phenoxy) is 1. The largest absolute Gasteiger partial charge is 0.497 e. The lowest BCUT2D eigenvalue weighted by molar-refractivity contribution is -0.116. The Balaban J connectivity index is 1.71. The van der Waals surface area contributed by atoms with Gasteiger partial charge in [0.15, 0.2) is 0 Å². The van der Waals surface area contributed by atoms with Crippen LogP contribution in [0.3, 0.4) is 0 Å². The molecule has 2 aromatic carbocycles. The molecule has 0 unspecified atom stereocenters. The standard InChI is InChI=1S/C17H13BrN2O4/c1-24-12-5-3-11(4-6-12)19-15(21)9-20-16(22)13-7-2-10(18)8-14(13)17(20)23/h2-8H,9H2,1H3,(H,19,21). The van der Waals surface area contributed by atoms with E-state index in [2.05, 4.69) is 21.2 Å². The number of hydrogen-bond acceptors (Lipinski definition) is 4. The van der Waals surface area contributed by atoms with Gasteiger partial charge in [0, 0.05) is 10.2 Å². The molecular formula is C17H13BrN2O4. The molecule has 6 nitrogen and oxygen atoms in total. The number of imide groups is 1. The molecule has 7 heteroatoms. The van der Waals surface area contributed by atoms with Gasteiger partial charge in [0.2, 0.25) is 5.91 Å². The molecule has 0 aliphatic carbocycles. The minimum Gasteiger partial charge on any atom is -0.497 e. The number of rotatable bonds is 4. The molecule has 1 N–H and O–H groups in total. The third-order valence-electron chi connectivity index (χ3n) is 3.61. The number of nitrogens with one attached hydrogen (secondary N) is 1. The fourth-order valence-electron chi connectivity index (χ4n) is 2.43. The van der Waals surface area contributed by atoms with E-state index in [-0.39, 0.29) is 6.54 Å². The molecule has 0 saturated heterocycles. The summed E-state index contributed by atoms with van der Waals surface area (Å²) >= 11 is 3.27. The van der Waals surface area contributed by atoms with E-state index < -0.39 is 17.7 Å². The van der Waals surface area contributed by atoms with Crippen LogP contribution in [0.5, 0.6) is 5.75 Å².